The minimum absolute atomic E-state index is 0.0634. The maximum atomic E-state index is 13.1. The van der Waals surface area contributed by atoms with Gasteiger partial charge in [-0.1, -0.05) is 6.07 Å². The predicted molar refractivity (Wildman–Crippen MR) is 58.7 cm³/mol. The highest BCUT2D eigenvalue weighted by atomic mass is 19.1. The van der Waals surface area contributed by atoms with Crippen molar-refractivity contribution in [2.24, 2.45) is 0 Å². The van der Waals surface area contributed by atoms with E-state index in [2.05, 4.69) is 4.74 Å². The molecule has 2 N–H and O–H groups in total. The summed E-state index contributed by atoms with van der Waals surface area (Å²) >= 11 is 0. The SMILES string of the molecule is CCOC(=O)C(O)C(O)c1ccc(F)c(C#N)c1. The maximum absolute atomic E-state index is 13.1. The zero-order valence-corrected chi connectivity index (χ0v) is 9.63. The fourth-order valence-electron chi connectivity index (χ4n) is 1.35. The zero-order valence-electron chi connectivity index (χ0n) is 9.63. The Hall–Kier alpha value is -1.97. The third-order valence-corrected chi connectivity index (χ3v) is 2.28. The van der Waals surface area contributed by atoms with E-state index in [4.69, 9.17) is 5.26 Å². The Morgan fingerprint density at radius 1 is 1.56 bits per heavy atom. The molecule has 0 fully saturated rings. The molecule has 0 amide bonds. The molecule has 0 aliphatic heterocycles. The van der Waals surface area contributed by atoms with Crippen molar-refractivity contribution in [3.8, 4) is 6.07 Å². The summed E-state index contributed by atoms with van der Waals surface area (Å²) in [4.78, 5) is 11.2. The average Bonchev–Trinajstić information content (AvgIpc) is 2.38. The minimum atomic E-state index is -1.78. The molecule has 1 rings (SSSR count). The first kappa shape index (κ1) is 14.1. The Kier molecular flexibility index (Phi) is 4.77. The number of aliphatic hydroxyl groups excluding tert-OH is 2. The molecule has 5 nitrogen and oxygen atoms in total. The molecule has 0 aliphatic carbocycles. The molecule has 2 unspecified atom stereocenters. The van der Waals surface area contributed by atoms with E-state index in [0.717, 1.165) is 12.1 Å². The molecule has 0 saturated carbocycles. The van der Waals surface area contributed by atoms with Gasteiger partial charge in [0.25, 0.3) is 0 Å². The van der Waals surface area contributed by atoms with Crippen LogP contribution in [0.25, 0.3) is 0 Å². The molecule has 1 aromatic carbocycles. The highest BCUT2D eigenvalue weighted by molar-refractivity contribution is 5.75. The molecule has 1 aromatic rings. The third-order valence-electron chi connectivity index (χ3n) is 2.28. The van der Waals surface area contributed by atoms with Crippen molar-refractivity contribution in [1.82, 2.24) is 0 Å². The van der Waals surface area contributed by atoms with Crippen molar-refractivity contribution in [2.75, 3.05) is 6.61 Å². The summed E-state index contributed by atoms with van der Waals surface area (Å²) in [5.41, 5.74) is -0.212. The van der Waals surface area contributed by atoms with Gasteiger partial charge in [-0.15, -0.1) is 0 Å². The van der Waals surface area contributed by atoms with Crippen LogP contribution in [-0.2, 0) is 9.53 Å². The first-order valence-electron chi connectivity index (χ1n) is 5.23. The van der Waals surface area contributed by atoms with E-state index in [1.165, 1.54) is 6.07 Å². The number of hydrogen-bond acceptors (Lipinski definition) is 5. The number of halogens is 1. The number of carbonyl (C=O) groups is 1. The van der Waals surface area contributed by atoms with Crippen molar-refractivity contribution in [3.05, 3.63) is 35.1 Å². The number of aliphatic hydroxyl groups is 2. The first-order chi connectivity index (χ1) is 8.51. The van der Waals surface area contributed by atoms with Gasteiger partial charge >= 0.3 is 5.97 Å². The molecule has 0 bridgehead atoms. The molecular formula is C12H12FNO4. The van der Waals surface area contributed by atoms with Crippen LogP contribution in [-0.4, -0.2) is 28.9 Å². The molecule has 6 heteroatoms. The Balaban J connectivity index is 2.94. The van der Waals surface area contributed by atoms with E-state index in [-0.39, 0.29) is 17.7 Å². The van der Waals surface area contributed by atoms with Crippen molar-refractivity contribution >= 4 is 5.97 Å². The van der Waals surface area contributed by atoms with E-state index in [9.17, 15) is 19.4 Å². The maximum Gasteiger partial charge on any atom is 0.338 e. The highest BCUT2D eigenvalue weighted by Crippen LogP contribution is 2.20. The molecule has 18 heavy (non-hydrogen) atoms. The molecular weight excluding hydrogens is 241 g/mol. The summed E-state index contributed by atoms with van der Waals surface area (Å²) in [6, 6.07) is 4.84. The second-order valence-electron chi connectivity index (χ2n) is 3.49. The second-order valence-corrected chi connectivity index (χ2v) is 3.49. The number of hydrogen-bond donors (Lipinski definition) is 2. The van der Waals surface area contributed by atoms with Gasteiger partial charge in [0.2, 0.25) is 0 Å². The van der Waals surface area contributed by atoms with Crippen LogP contribution < -0.4 is 0 Å². The molecule has 0 heterocycles. The fourth-order valence-corrected chi connectivity index (χ4v) is 1.35. The molecule has 0 saturated heterocycles. The second kappa shape index (κ2) is 6.10. The van der Waals surface area contributed by atoms with Crippen LogP contribution >= 0.6 is 0 Å². The number of benzene rings is 1. The lowest BCUT2D eigenvalue weighted by Gasteiger charge is -2.16. The van der Waals surface area contributed by atoms with Crippen LogP contribution in [0.3, 0.4) is 0 Å². The van der Waals surface area contributed by atoms with Gasteiger partial charge < -0.3 is 14.9 Å². The van der Waals surface area contributed by atoms with Crippen LogP contribution in [0, 0.1) is 17.1 Å². The Morgan fingerprint density at radius 3 is 2.78 bits per heavy atom. The molecule has 0 spiro atoms. The van der Waals surface area contributed by atoms with Crippen LogP contribution in [0.5, 0.6) is 0 Å². The standard InChI is InChI=1S/C12H12FNO4/c1-2-18-12(17)11(16)10(15)7-3-4-9(13)8(5-7)6-14/h3-5,10-11,15-16H,2H2,1H3. The van der Waals surface area contributed by atoms with Gasteiger partial charge in [-0.05, 0) is 24.6 Å². The lowest BCUT2D eigenvalue weighted by Crippen LogP contribution is -2.29. The number of rotatable bonds is 4. The number of carbonyl (C=O) groups excluding carboxylic acids is 1. The number of ether oxygens (including phenoxy) is 1. The largest absolute Gasteiger partial charge is 0.464 e. The van der Waals surface area contributed by atoms with Crippen molar-refractivity contribution in [1.29, 1.82) is 5.26 Å². The first-order valence-corrected chi connectivity index (χ1v) is 5.23. The van der Waals surface area contributed by atoms with Gasteiger partial charge in [0, 0.05) is 0 Å². The van der Waals surface area contributed by atoms with Crippen LogP contribution in [0.1, 0.15) is 24.2 Å². The normalized spacial score (nSPS) is 13.5. The van der Waals surface area contributed by atoms with E-state index in [1.54, 1.807) is 13.0 Å². The van der Waals surface area contributed by atoms with Crippen molar-refractivity contribution < 1.29 is 24.1 Å². The van der Waals surface area contributed by atoms with Gasteiger partial charge in [-0.3, -0.25) is 0 Å². The topological polar surface area (TPSA) is 90.6 Å². The van der Waals surface area contributed by atoms with E-state index in [0.29, 0.717) is 0 Å². The number of nitrogens with zero attached hydrogens (tertiary/aromatic N) is 1. The summed E-state index contributed by atoms with van der Waals surface area (Å²) in [6.07, 6.45) is -3.35. The average molecular weight is 253 g/mol. The lowest BCUT2D eigenvalue weighted by atomic mass is 10.0. The Bertz CT molecular complexity index is 483. The smallest absolute Gasteiger partial charge is 0.338 e. The Labute approximate surface area is 103 Å². The van der Waals surface area contributed by atoms with Crippen molar-refractivity contribution in [2.45, 2.75) is 19.1 Å². The van der Waals surface area contributed by atoms with Crippen LogP contribution in [0.4, 0.5) is 4.39 Å². The van der Waals surface area contributed by atoms with Crippen molar-refractivity contribution in [3.63, 3.8) is 0 Å². The number of esters is 1. The molecule has 0 aromatic heterocycles. The molecule has 0 aliphatic rings. The van der Waals surface area contributed by atoms with Gasteiger partial charge in [0.05, 0.1) is 12.2 Å². The summed E-state index contributed by atoms with van der Waals surface area (Å²) in [7, 11) is 0. The van der Waals surface area contributed by atoms with E-state index >= 15 is 0 Å². The summed E-state index contributed by atoms with van der Waals surface area (Å²) in [5.74, 6) is -1.72. The molecule has 0 radical (unpaired) electrons. The third kappa shape index (κ3) is 3.03. The van der Waals surface area contributed by atoms with Crippen LogP contribution in [0.15, 0.2) is 18.2 Å². The summed E-state index contributed by atoms with van der Waals surface area (Å²) < 4.78 is 17.6. The van der Waals surface area contributed by atoms with Gasteiger partial charge in [0.15, 0.2) is 6.10 Å². The monoisotopic (exact) mass is 253 g/mol. The van der Waals surface area contributed by atoms with E-state index in [1.807, 2.05) is 0 Å². The van der Waals surface area contributed by atoms with E-state index < -0.39 is 24.0 Å². The quantitative estimate of drug-likeness (QED) is 0.769. The lowest BCUT2D eigenvalue weighted by molar-refractivity contribution is -0.159. The summed E-state index contributed by atoms with van der Waals surface area (Å²) in [5, 5.41) is 27.8. The minimum Gasteiger partial charge on any atom is -0.464 e. The van der Waals surface area contributed by atoms with Crippen LogP contribution in [0.2, 0.25) is 0 Å². The Morgan fingerprint density at radius 2 is 2.22 bits per heavy atom. The fraction of sp³-hybridized carbons (Fsp3) is 0.333. The zero-order chi connectivity index (χ0) is 13.7. The van der Waals surface area contributed by atoms with Gasteiger partial charge in [-0.2, -0.15) is 5.26 Å². The molecule has 2 atom stereocenters. The highest BCUT2D eigenvalue weighted by Gasteiger charge is 2.27. The molecule has 96 valence electrons. The number of nitriles is 1. The predicted octanol–water partition coefficient (Wildman–Crippen LogP) is 0.655. The van der Waals surface area contributed by atoms with Gasteiger partial charge in [-0.25, -0.2) is 9.18 Å². The van der Waals surface area contributed by atoms with Gasteiger partial charge in [0.1, 0.15) is 18.0 Å². The summed E-state index contributed by atoms with van der Waals surface area (Å²) in [6.45, 7) is 1.62.